The molecule has 0 aliphatic carbocycles. The Morgan fingerprint density at radius 3 is 2.44 bits per heavy atom. The van der Waals surface area contributed by atoms with Crippen molar-refractivity contribution in [2.75, 3.05) is 35.6 Å². The summed E-state index contributed by atoms with van der Waals surface area (Å²) in [5.41, 5.74) is 15.2. The molecule has 274 valence electrons. The molecule has 2 aliphatic heterocycles. The van der Waals surface area contributed by atoms with Gasteiger partial charge in [-0.25, -0.2) is 9.59 Å². The van der Waals surface area contributed by atoms with Crippen LogP contribution in [0, 0.1) is 5.92 Å². The van der Waals surface area contributed by atoms with Crippen molar-refractivity contribution in [2.45, 2.75) is 37.8 Å². The van der Waals surface area contributed by atoms with Crippen LogP contribution in [0.3, 0.4) is 0 Å². The van der Waals surface area contributed by atoms with Gasteiger partial charge in [-0.05, 0) is 13.8 Å². The van der Waals surface area contributed by atoms with Crippen molar-refractivity contribution < 1.29 is 61.2 Å². The maximum atomic E-state index is 13.3. The van der Waals surface area contributed by atoms with E-state index in [9.17, 15) is 34.2 Å². The number of β-lactam (4-membered cyclic amide) rings is 1. The number of amides is 3. The Kier molecular flexibility index (Phi) is 12.5. The van der Waals surface area contributed by atoms with Crippen LogP contribution in [-0.2, 0) is 48.0 Å². The van der Waals surface area contributed by atoms with Gasteiger partial charge in [0.1, 0.15) is 0 Å². The highest BCUT2D eigenvalue weighted by molar-refractivity contribution is 8.00. The number of carbonyl (C=O) groups is 5. The average Bonchev–Trinajstić information content (AvgIpc) is 3.55. The first-order valence-electron chi connectivity index (χ1n) is 14.0. The van der Waals surface area contributed by atoms with Crippen LogP contribution in [0.25, 0.3) is 0 Å². The molecule has 0 unspecified atom stereocenters. The fourth-order valence-electron chi connectivity index (χ4n) is 4.38. The highest BCUT2D eigenvalue weighted by Crippen LogP contribution is 2.45. The fraction of sp³-hybridized carbons (Fsp3) is 0.458. The number of aromatic nitrogens is 4. The van der Waals surface area contributed by atoms with Crippen LogP contribution in [0.4, 0.5) is 21.4 Å². The molecule has 1 fully saturated rings. The Hall–Kier alpha value is -4.89. The summed E-state index contributed by atoms with van der Waals surface area (Å²) in [5, 5.41) is 29.8. The third kappa shape index (κ3) is 9.63. The zero-order valence-corrected chi connectivity index (χ0v) is 28.9. The third-order valence-electron chi connectivity index (χ3n) is 6.87. The average molecular weight is 764 g/mol. The van der Waals surface area contributed by atoms with Gasteiger partial charge >= 0.3 is 22.4 Å². The molecule has 3 amide bonds. The number of thioether (sulfide) groups is 1. The molecule has 0 spiro atoms. The van der Waals surface area contributed by atoms with Crippen molar-refractivity contribution in [3.63, 3.8) is 0 Å². The van der Waals surface area contributed by atoms with Crippen molar-refractivity contribution >= 4 is 85.7 Å². The minimum atomic E-state index is -4.67. The number of urea groups is 1. The predicted octanol–water partition coefficient (Wildman–Crippen LogP) is -3.47. The van der Waals surface area contributed by atoms with E-state index in [1.165, 1.54) is 36.5 Å². The van der Waals surface area contributed by atoms with Crippen molar-refractivity contribution in [2.24, 2.45) is 23.9 Å². The fourth-order valence-corrected chi connectivity index (χ4v) is 6.22. The first-order valence-corrected chi connectivity index (χ1v) is 17.2. The van der Waals surface area contributed by atoms with Crippen molar-refractivity contribution in [3.8, 4) is 0 Å². The lowest BCUT2D eigenvalue weighted by atomic mass is 9.89. The van der Waals surface area contributed by atoms with E-state index in [4.69, 9.17) is 39.6 Å². The molecule has 0 radical (unpaired) electrons. The van der Waals surface area contributed by atoms with Crippen molar-refractivity contribution in [3.05, 3.63) is 23.3 Å². The van der Waals surface area contributed by atoms with Gasteiger partial charge in [-0.15, -0.1) is 21.1 Å². The maximum absolute atomic E-state index is 13.3. The number of carboxylic acids is 2. The van der Waals surface area contributed by atoms with Gasteiger partial charge in [0.05, 0.1) is 30.0 Å². The lowest BCUT2D eigenvalue weighted by Gasteiger charge is -2.50. The van der Waals surface area contributed by atoms with E-state index < -0.39 is 69.1 Å². The van der Waals surface area contributed by atoms with E-state index in [0.29, 0.717) is 5.57 Å². The molecule has 2 aromatic rings. The second kappa shape index (κ2) is 15.8. The summed E-state index contributed by atoms with van der Waals surface area (Å²) in [6.45, 7) is 2.93. The van der Waals surface area contributed by atoms with Gasteiger partial charge in [0.2, 0.25) is 23.5 Å². The highest BCUT2D eigenvalue weighted by Gasteiger charge is 2.53. The van der Waals surface area contributed by atoms with Crippen molar-refractivity contribution in [1.29, 1.82) is 0 Å². The standard InChI is InChI=1S/C24H31N11O8S2.H2O4S/c1-24(2,21(40)41)43-31-14(17-30-22(27)45-32-17)13(36)6-11-18(37)35-15(20(38)39)10(9-44-19(11)35)7-34-8-12(16(26)33(34)3)29-23(42)28-5-4-25;1-5(2,3)4/h8,11,19,26H,4-7,9,25H2,1-3H3,(H6,27,28,29,30,32,38,39,40,41,42);(H2,1,2,3,4)/b31-14+;/t11-,19-;/m1./s1. The summed E-state index contributed by atoms with van der Waals surface area (Å²) >= 11 is 2.02. The quantitative estimate of drug-likeness (QED) is 0.0323. The van der Waals surface area contributed by atoms with Crippen LogP contribution < -0.4 is 37.6 Å². The van der Waals surface area contributed by atoms with Gasteiger partial charge in [-0.1, -0.05) is 5.16 Å². The summed E-state index contributed by atoms with van der Waals surface area (Å²) in [6.07, 6.45) is 1.10. The predicted molar refractivity (Wildman–Crippen MR) is 172 cm³/mol. The number of nitrogens with zero attached hydrogens (tertiary/aromatic N) is 6. The third-order valence-corrected chi connectivity index (χ3v) is 8.81. The number of hydrogen-bond acceptors (Lipinski definition) is 17. The Morgan fingerprint density at radius 2 is 1.90 bits per heavy atom. The first kappa shape index (κ1) is 39.5. The van der Waals surface area contributed by atoms with Crippen molar-refractivity contribution in [1.82, 2.24) is 24.3 Å². The van der Waals surface area contributed by atoms with Crippen LogP contribution in [0.15, 0.2) is 22.6 Å². The SMILES string of the molecule is Cn1c(N)c(NC(=O)NCCN)c[n+]1CC1=C(C(=O)[O-])N2C(=O)[C@@H](CC(=O)/C(=N\OC(C)(C)C(=O)O)c3nsc(N)n3)[C@H]2SC1.O=S(=O)(O)O. The maximum Gasteiger partial charge on any atom is 0.394 e. The zero-order chi connectivity index (χ0) is 37.7. The molecule has 0 saturated carbocycles. The summed E-state index contributed by atoms with van der Waals surface area (Å²) in [7, 11) is -3.06. The molecule has 2 aromatic heterocycles. The smallest absolute Gasteiger partial charge is 0.394 e. The molecule has 23 nitrogen and oxygen atoms in total. The van der Waals surface area contributed by atoms with E-state index in [-0.39, 0.29) is 53.5 Å². The van der Waals surface area contributed by atoms with Crippen LogP contribution >= 0.6 is 23.3 Å². The molecule has 2 atom stereocenters. The number of ketones is 1. The number of nitrogens with two attached hydrogens (primary N) is 3. The monoisotopic (exact) mass is 763 g/mol. The largest absolute Gasteiger partial charge is 0.543 e. The minimum absolute atomic E-state index is 0.00632. The van der Waals surface area contributed by atoms with Gasteiger partial charge < -0.3 is 42.4 Å². The normalized spacial score (nSPS) is 17.6. The van der Waals surface area contributed by atoms with Gasteiger partial charge in [0.25, 0.3) is 0 Å². The zero-order valence-electron chi connectivity index (χ0n) is 26.4. The topological polar surface area (TPSA) is 365 Å². The second-order valence-corrected chi connectivity index (χ2v) is 13.6. The van der Waals surface area contributed by atoms with Gasteiger partial charge in [0.15, 0.2) is 34.7 Å². The minimum Gasteiger partial charge on any atom is -0.543 e. The van der Waals surface area contributed by atoms with E-state index in [0.717, 1.165) is 16.4 Å². The first-order chi connectivity index (χ1) is 23.2. The lowest BCUT2D eigenvalue weighted by molar-refractivity contribution is -0.765. The molecular weight excluding hydrogens is 731 g/mol. The Morgan fingerprint density at radius 1 is 1.26 bits per heavy atom. The number of Topliss-reactive ketones (excluding diaryl/α,β-unsaturated/α-hetero) is 1. The number of nitrogen functional groups attached to an aromatic ring is 2. The van der Waals surface area contributed by atoms with Crippen LogP contribution in [0.1, 0.15) is 26.1 Å². The summed E-state index contributed by atoms with van der Waals surface area (Å²) in [4.78, 5) is 72.5. The lowest BCUT2D eigenvalue weighted by Crippen LogP contribution is -2.63. The van der Waals surface area contributed by atoms with E-state index in [2.05, 4.69) is 25.1 Å². The molecule has 50 heavy (non-hydrogen) atoms. The van der Waals surface area contributed by atoms with Gasteiger partial charge in [-0.2, -0.15) is 17.8 Å². The molecule has 0 aromatic carbocycles. The van der Waals surface area contributed by atoms with Crippen LogP contribution in [-0.4, -0.2) is 107 Å². The van der Waals surface area contributed by atoms with Crippen LogP contribution in [0.5, 0.6) is 0 Å². The molecule has 1 saturated heterocycles. The number of rotatable bonds is 13. The molecule has 11 N–H and O–H groups in total. The highest BCUT2D eigenvalue weighted by atomic mass is 32.3. The number of hydrogen-bond donors (Lipinski definition) is 8. The van der Waals surface area contributed by atoms with Gasteiger partial charge in [-0.3, -0.25) is 28.9 Å². The number of anilines is 3. The number of fused-ring (bicyclic) bond motifs is 1. The Bertz CT molecular complexity index is 1850. The van der Waals surface area contributed by atoms with E-state index in [1.807, 2.05) is 0 Å². The molecule has 26 heteroatoms. The van der Waals surface area contributed by atoms with Gasteiger partial charge in [0, 0.05) is 42.4 Å². The number of oxime groups is 1. The number of aliphatic carboxylic acids is 2. The second-order valence-electron chi connectivity index (χ2n) is 10.9. The number of carbonyl (C=O) groups excluding carboxylic acids is 4. The molecule has 4 heterocycles. The van der Waals surface area contributed by atoms with E-state index in [1.54, 1.807) is 11.7 Å². The summed E-state index contributed by atoms with van der Waals surface area (Å²) in [5.74, 6) is -5.07. The Balaban J connectivity index is 0.00000126. The summed E-state index contributed by atoms with van der Waals surface area (Å²) < 4.78 is 38.6. The van der Waals surface area contributed by atoms with E-state index >= 15 is 0 Å². The molecule has 0 bridgehead atoms. The van der Waals surface area contributed by atoms with Crippen LogP contribution in [0.2, 0.25) is 0 Å². The molecular formula is C24H33N11O12S3. The number of nitrogens with one attached hydrogen (secondary N) is 2. The molecule has 2 aliphatic rings. The number of carboxylic acid groups (broad SMARTS) is 2. The molecule has 4 rings (SSSR count). The summed E-state index contributed by atoms with van der Waals surface area (Å²) in [6, 6.07) is -0.526. The Labute approximate surface area is 291 Å².